The van der Waals surface area contributed by atoms with Crippen molar-refractivity contribution in [3.8, 4) is 11.4 Å². The Hall–Kier alpha value is -2.27. The van der Waals surface area contributed by atoms with Crippen LogP contribution in [0.1, 0.15) is 87.6 Å². The number of aryl methyl sites for hydroxylation is 1. The van der Waals surface area contributed by atoms with Crippen LogP contribution in [0.25, 0.3) is 11.4 Å². The first-order valence-electron chi connectivity index (χ1n) is 11.9. The molecule has 0 amide bonds. The molecule has 1 fully saturated rings. The zero-order valence-corrected chi connectivity index (χ0v) is 19.0. The maximum Gasteiger partial charge on any atom is 0.338 e. The highest BCUT2D eigenvalue weighted by Crippen LogP contribution is 2.25. The first-order valence-corrected chi connectivity index (χ1v) is 11.9. The summed E-state index contributed by atoms with van der Waals surface area (Å²) in [5.74, 6) is 0.419. The number of esters is 1. The molecule has 0 N–H and O–H groups in total. The molecular formula is C26H36N2O3. The molecule has 0 unspecified atom stereocenters. The standard InChI is InChI=1S/C26H36N2O3/c1-3-5-6-7-17-30-23-13-15-24(16-14-23)31-26(29)22-11-9-21(10-12-22)25-27-18-20(8-4-2)19-28-25/h9-12,18-19,23-24H,3-8,13-17H2,1-2H3. The molecule has 0 aliphatic heterocycles. The molecule has 31 heavy (non-hydrogen) atoms. The van der Waals surface area contributed by atoms with E-state index in [9.17, 15) is 4.79 Å². The molecule has 1 saturated carbocycles. The van der Waals surface area contributed by atoms with Crippen LogP contribution in [0.2, 0.25) is 0 Å². The fourth-order valence-electron chi connectivity index (χ4n) is 3.99. The van der Waals surface area contributed by atoms with E-state index in [1.54, 1.807) is 12.1 Å². The second kappa shape index (κ2) is 12.6. The highest BCUT2D eigenvalue weighted by molar-refractivity contribution is 5.90. The lowest BCUT2D eigenvalue weighted by atomic mass is 9.95. The molecule has 0 spiro atoms. The van der Waals surface area contributed by atoms with Crippen LogP contribution in [-0.4, -0.2) is 34.8 Å². The van der Waals surface area contributed by atoms with Gasteiger partial charge < -0.3 is 9.47 Å². The van der Waals surface area contributed by atoms with Crippen molar-refractivity contribution in [2.24, 2.45) is 0 Å². The normalized spacial score (nSPS) is 18.6. The van der Waals surface area contributed by atoms with Gasteiger partial charge in [0.05, 0.1) is 11.7 Å². The first kappa shape index (κ1) is 23.4. The largest absolute Gasteiger partial charge is 0.459 e. The van der Waals surface area contributed by atoms with Gasteiger partial charge in [0.1, 0.15) is 6.10 Å². The summed E-state index contributed by atoms with van der Waals surface area (Å²) in [4.78, 5) is 21.4. The third kappa shape index (κ3) is 7.42. The molecule has 5 nitrogen and oxygen atoms in total. The van der Waals surface area contributed by atoms with Crippen molar-refractivity contribution in [3.05, 3.63) is 47.8 Å². The summed E-state index contributed by atoms with van der Waals surface area (Å²) >= 11 is 0. The average Bonchev–Trinajstić information content (AvgIpc) is 2.81. The van der Waals surface area contributed by atoms with E-state index in [1.165, 1.54) is 19.3 Å². The highest BCUT2D eigenvalue weighted by Gasteiger charge is 2.24. The fourth-order valence-corrected chi connectivity index (χ4v) is 3.99. The summed E-state index contributed by atoms with van der Waals surface area (Å²) in [6.45, 7) is 5.21. The van der Waals surface area contributed by atoms with Crippen LogP contribution in [0.4, 0.5) is 0 Å². The zero-order chi connectivity index (χ0) is 21.9. The van der Waals surface area contributed by atoms with Crippen molar-refractivity contribution >= 4 is 5.97 Å². The predicted molar refractivity (Wildman–Crippen MR) is 123 cm³/mol. The Bertz CT molecular complexity index is 781. The number of ether oxygens (including phenoxy) is 2. The van der Waals surface area contributed by atoms with Crippen molar-refractivity contribution < 1.29 is 14.3 Å². The van der Waals surface area contributed by atoms with Gasteiger partial charge in [-0.15, -0.1) is 0 Å². The number of hydrogen-bond acceptors (Lipinski definition) is 5. The first-order chi connectivity index (χ1) is 15.2. The van der Waals surface area contributed by atoms with Crippen LogP contribution < -0.4 is 0 Å². The molecule has 0 bridgehead atoms. The molecule has 0 radical (unpaired) electrons. The molecule has 1 heterocycles. The number of carbonyl (C=O) groups excluding carboxylic acids is 1. The van der Waals surface area contributed by atoms with Crippen molar-refractivity contribution in [2.45, 2.75) is 90.3 Å². The van der Waals surface area contributed by atoms with Crippen LogP contribution in [0.3, 0.4) is 0 Å². The lowest BCUT2D eigenvalue weighted by Crippen LogP contribution is -2.28. The Labute approximate surface area is 186 Å². The Kier molecular flexibility index (Phi) is 9.47. The SMILES string of the molecule is CCCCCCOC1CCC(OC(=O)c2ccc(-c3ncc(CCC)cn3)cc2)CC1. The molecule has 3 rings (SSSR count). The average molecular weight is 425 g/mol. The van der Waals surface area contributed by atoms with Crippen LogP contribution in [0.5, 0.6) is 0 Å². The Morgan fingerprint density at radius 2 is 1.58 bits per heavy atom. The molecule has 1 aromatic carbocycles. The van der Waals surface area contributed by atoms with Crippen molar-refractivity contribution in [1.29, 1.82) is 0 Å². The molecule has 1 aliphatic rings. The molecule has 2 aromatic rings. The van der Waals surface area contributed by atoms with E-state index < -0.39 is 0 Å². The van der Waals surface area contributed by atoms with E-state index in [4.69, 9.17) is 9.47 Å². The summed E-state index contributed by atoms with van der Waals surface area (Å²) in [5.41, 5.74) is 2.61. The van der Waals surface area contributed by atoms with Gasteiger partial charge in [0.25, 0.3) is 0 Å². The predicted octanol–water partition coefficient (Wildman–Crippen LogP) is 6.16. The van der Waals surface area contributed by atoms with Gasteiger partial charge in [-0.25, -0.2) is 14.8 Å². The van der Waals surface area contributed by atoms with Gasteiger partial charge in [-0.3, -0.25) is 0 Å². The van der Waals surface area contributed by atoms with Gasteiger partial charge >= 0.3 is 5.97 Å². The fraction of sp³-hybridized carbons (Fsp3) is 0.577. The summed E-state index contributed by atoms with van der Waals surface area (Å²) < 4.78 is 11.7. The lowest BCUT2D eigenvalue weighted by molar-refractivity contribution is -0.0204. The Morgan fingerprint density at radius 3 is 2.23 bits per heavy atom. The summed E-state index contributed by atoms with van der Waals surface area (Å²) in [5, 5.41) is 0. The van der Waals surface area contributed by atoms with E-state index in [2.05, 4.69) is 23.8 Å². The maximum absolute atomic E-state index is 12.5. The minimum absolute atomic E-state index is 0.0124. The van der Waals surface area contributed by atoms with Crippen molar-refractivity contribution in [3.63, 3.8) is 0 Å². The number of aromatic nitrogens is 2. The van der Waals surface area contributed by atoms with Gasteiger partial charge in [0.2, 0.25) is 0 Å². The van der Waals surface area contributed by atoms with E-state index in [0.717, 1.165) is 62.7 Å². The Morgan fingerprint density at radius 1 is 0.903 bits per heavy atom. The van der Waals surface area contributed by atoms with Gasteiger partial charge in [0.15, 0.2) is 5.82 Å². The molecule has 0 atom stereocenters. The second-order valence-electron chi connectivity index (χ2n) is 8.48. The van der Waals surface area contributed by atoms with E-state index in [0.29, 0.717) is 17.5 Å². The van der Waals surface area contributed by atoms with Gasteiger partial charge in [-0.05, 0) is 56.2 Å². The number of benzene rings is 1. The van der Waals surface area contributed by atoms with Gasteiger partial charge in [-0.2, -0.15) is 0 Å². The third-order valence-electron chi connectivity index (χ3n) is 5.87. The molecule has 1 aliphatic carbocycles. The lowest BCUT2D eigenvalue weighted by Gasteiger charge is -2.28. The molecular weight excluding hydrogens is 388 g/mol. The summed E-state index contributed by atoms with van der Waals surface area (Å²) in [7, 11) is 0. The van der Waals surface area contributed by atoms with Crippen molar-refractivity contribution in [1.82, 2.24) is 9.97 Å². The smallest absolute Gasteiger partial charge is 0.338 e. The topological polar surface area (TPSA) is 61.3 Å². The Balaban J connectivity index is 1.43. The van der Waals surface area contributed by atoms with Crippen LogP contribution >= 0.6 is 0 Å². The maximum atomic E-state index is 12.5. The summed E-state index contributed by atoms with van der Waals surface area (Å²) in [6, 6.07) is 7.36. The monoisotopic (exact) mass is 424 g/mol. The van der Waals surface area contributed by atoms with Crippen LogP contribution in [0.15, 0.2) is 36.7 Å². The summed E-state index contributed by atoms with van der Waals surface area (Å²) in [6.07, 6.45) is 14.7. The third-order valence-corrected chi connectivity index (χ3v) is 5.87. The van der Waals surface area contributed by atoms with Crippen LogP contribution in [-0.2, 0) is 15.9 Å². The number of hydrogen-bond donors (Lipinski definition) is 0. The molecule has 168 valence electrons. The van der Waals surface area contributed by atoms with Crippen LogP contribution in [0, 0.1) is 0 Å². The van der Waals surface area contributed by atoms with E-state index >= 15 is 0 Å². The van der Waals surface area contributed by atoms with Crippen molar-refractivity contribution in [2.75, 3.05) is 6.61 Å². The van der Waals surface area contributed by atoms with Gasteiger partial charge in [-0.1, -0.05) is 51.7 Å². The highest BCUT2D eigenvalue weighted by atomic mass is 16.5. The quantitative estimate of drug-likeness (QED) is 0.319. The molecule has 1 aromatic heterocycles. The number of unbranched alkanes of at least 4 members (excludes halogenated alkanes) is 3. The number of rotatable bonds is 11. The second-order valence-corrected chi connectivity index (χ2v) is 8.48. The molecule has 0 saturated heterocycles. The minimum Gasteiger partial charge on any atom is -0.459 e. The zero-order valence-electron chi connectivity index (χ0n) is 19.0. The van der Waals surface area contributed by atoms with E-state index in [-0.39, 0.29) is 12.1 Å². The van der Waals surface area contributed by atoms with Gasteiger partial charge in [0, 0.05) is 24.6 Å². The number of nitrogens with zero attached hydrogens (tertiary/aromatic N) is 2. The molecule has 5 heteroatoms. The van der Waals surface area contributed by atoms with E-state index in [1.807, 2.05) is 24.5 Å². The number of carbonyl (C=O) groups is 1. The minimum atomic E-state index is -0.255.